The Morgan fingerprint density at radius 1 is 1.46 bits per heavy atom. The maximum atomic E-state index is 11.1. The highest BCUT2D eigenvalue weighted by atomic mass is 16.5. The summed E-state index contributed by atoms with van der Waals surface area (Å²) in [5.74, 6) is 0.300. The minimum absolute atomic E-state index is 0.0976. The molecule has 0 saturated heterocycles. The van der Waals surface area contributed by atoms with Crippen molar-refractivity contribution < 1.29 is 14.3 Å². The molecule has 0 aromatic rings. The van der Waals surface area contributed by atoms with Crippen LogP contribution in [0, 0.1) is 5.41 Å². The number of ketones is 1. The van der Waals surface area contributed by atoms with E-state index >= 15 is 0 Å². The molecule has 1 aliphatic carbocycles. The van der Waals surface area contributed by atoms with E-state index in [2.05, 4.69) is 0 Å². The molecule has 13 heavy (non-hydrogen) atoms. The summed E-state index contributed by atoms with van der Waals surface area (Å²) in [6, 6.07) is 0. The minimum atomic E-state index is -0.272. The van der Waals surface area contributed by atoms with Gasteiger partial charge in [-0.1, -0.05) is 13.8 Å². The van der Waals surface area contributed by atoms with Gasteiger partial charge in [-0.25, -0.2) is 0 Å². The van der Waals surface area contributed by atoms with Crippen LogP contribution in [-0.4, -0.2) is 31.7 Å². The summed E-state index contributed by atoms with van der Waals surface area (Å²) in [6.45, 7) is 7.76. The minimum Gasteiger partial charge on any atom is -0.379 e. The van der Waals surface area contributed by atoms with E-state index in [9.17, 15) is 4.79 Å². The van der Waals surface area contributed by atoms with Crippen LogP contribution in [0.15, 0.2) is 0 Å². The molecule has 1 unspecified atom stereocenters. The van der Waals surface area contributed by atoms with Gasteiger partial charge in [0.05, 0.1) is 24.7 Å². The zero-order valence-corrected chi connectivity index (χ0v) is 8.63. The number of ether oxygens (including phenoxy) is 2. The Kier molecular flexibility index (Phi) is 3.45. The number of hydrogen-bond donors (Lipinski definition) is 0. The van der Waals surface area contributed by atoms with Crippen LogP contribution in [0.25, 0.3) is 0 Å². The molecule has 1 aliphatic rings. The van der Waals surface area contributed by atoms with Gasteiger partial charge in [-0.3, -0.25) is 4.79 Å². The fourth-order valence-corrected chi connectivity index (χ4v) is 1.40. The topological polar surface area (TPSA) is 35.5 Å². The van der Waals surface area contributed by atoms with Crippen molar-refractivity contribution in [2.24, 2.45) is 5.41 Å². The molecule has 0 spiro atoms. The molecular weight excluding hydrogens is 168 g/mol. The second-order valence-corrected chi connectivity index (χ2v) is 3.91. The first kappa shape index (κ1) is 10.7. The van der Waals surface area contributed by atoms with Crippen molar-refractivity contribution >= 4 is 5.78 Å². The first-order valence-corrected chi connectivity index (χ1v) is 4.81. The van der Waals surface area contributed by atoms with Crippen LogP contribution in [-0.2, 0) is 14.3 Å². The molecular formula is C10H18O3. The Bertz CT molecular complexity index is 187. The molecule has 0 heterocycles. The van der Waals surface area contributed by atoms with E-state index in [1.807, 2.05) is 20.8 Å². The lowest BCUT2D eigenvalue weighted by atomic mass is 9.68. The van der Waals surface area contributed by atoms with Gasteiger partial charge in [0.15, 0.2) is 0 Å². The van der Waals surface area contributed by atoms with E-state index in [1.54, 1.807) is 0 Å². The number of hydrogen-bond acceptors (Lipinski definition) is 3. The number of rotatable bonds is 5. The largest absolute Gasteiger partial charge is 0.379 e. The zero-order valence-electron chi connectivity index (χ0n) is 8.63. The molecule has 1 saturated carbocycles. The molecule has 0 aromatic heterocycles. The van der Waals surface area contributed by atoms with Gasteiger partial charge >= 0.3 is 0 Å². The molecule has 76 valence electrons. The summed E-state index contributed by atoms with van der Waals surface area (Å²) in [7, 11) is 0. The average Bonchev–Trinajstić information content (AvgIpc) is 2.10. The van der Waals surface area contributed by atoms with E-state index in [0.717, 1.165) is 6.61 Å². The van der Waals surface area contributed by atoms with E-state index in [-0.39, 0.29) is 11.5 Å². The van der Waals surface area contributed by atoms with Gasteiger partial charge in [0.2, 0.25) is 0 Å². The predicted octanol–water partition coefficient (Wildman–Crippen LogP) is 1.41. The third-order valence-corrected chi connectivity index (χ3v) is 2.65. The van der Waals surface area contributed by atoms with Crippen molar-refractivity contribution in [2.75, 3.05) is 19.8 Å². The van der Waals surface area contributed by atoms with Crippen molar-refractivity contribution in [3.63, 3.8) is 0 Å². The fourth-order valence-electron chi connectivity index (χ4n) is 1.40. The molecule has 0 aromatic carbocycles. The fraction of sp³-hybridized carbons (Fsp3) is 0.900. The number of Topliss-reactive ketones (excluding diaryl/α,β-unsaturated/α-hetero) is 1. The Balaban J connectivity index is 2.14. The van der Waals surface area contributed by atoms with Crippen molar-refractivity contribution in [1.29, 1.82) is 0 Å². The van der Waals surface area contributed by atoms with Crippen LogP contribution >= 0.6 is 0 Å². The smallest absolute Gasteiger partial charge is 0.143 e. The standard InChI is InChI=1S/C10H18O3/c1-4-12-5-6-13-9-7-8(11)10(9,2)3/h9H,4-7H2,1-3H3. The third kappa shape index (κ3) is 2.29. The normalized spacial score (nSPS) is 25.8. The Labute approximate surface area is 79.4 Å². The van der Waals surface area contributed by atoms with Crippen molar-refractivity contribution in [3.05, 3.63) is 0 Å². The lowest BCUT2D eigenvalue weighted by Gasteiger charge is -2.41. The molecule has 3 heteroatoms. The van der Waals surface area contributed by atoms with E-state index < -0.39 is 0 Å². The predicted molar refractivity (Wildman–Crippen MR) is 49.6 cm³/mol. The van der Waals surface area contributed by atoms with Crippen molar-refractivity contribution in [2.45, 2.75) is 33.3 Å². The molecule has 0 amide bonds. The van der Waals surface area contributed by atoms with Gasteiger partial charge in [-0.05, 0) is 6.92 Å². The molecule has 0 aliphatic heterocycles. The van der Waals surface area contributed by atoms with Crippen molar-refractivity contribution in [1.82, 2.24) is 0 Å². The van der Waals surface area contributed by atoms with Gasteiger partial charge < -0.3 is 9.47 Å². The summed E-state index contributed by atoms with van der Waals surface area (Å²) in [4.78, 5) is 11.1. The highest BCUT2D eigenvalue weighted by Gasteiger charge is 2.47. The molecule has 1 fully saturated rings. The van der Waals surface area contributed by atoms with E-state index in [1.165, 1.54) is 0 Å². The van der Waals surface area contributed by atoms with Gasteiger partial charge in [-0.15, -0.1) is 0 Å². The summed E-state index contributed by atoms with van der Waals surface area (Å²) in [5.41, 5.74) is -0.272. The molecule has 0 radical (unpaired) electrons. The van der Waals surface area contributed by atoms with Crippen LogP contribution in [0.1, 0.15) is 27.2 Å². The van der Waals surface area contributed by atoms with Crippen LogP contribution in [0.3, 0.4) is 0 Å². The molecule has 1 atom stereocenters. The maximum Gasteiger partial charge on any atom is 0.143 e. The van der Waals surface area contributed by atoms with E-state index in [0.29, 0.717) is 25.4 Å². The molecule has 1 rings (SSSR count). The summed E-state index contributed by atoms with van der Waals surface area (Å²) < 4.78 is 10.7. The number of carbonyl (C=O) groups excluding carboxylic acids is 1. The first-order valence-electron chi connectivity index (χ1n) is 4.81. The Hall–Kier alpha value is -0.410. The lowest BCUT2D eigenvalue weighted by molar-refractivity contribution is -0.159. The van der Waals surface area contributed by atoms with Gasteiger partial charge in [-0.2, -0.15) is 0 Å². The lowest BCUT2D eigenvalue weighted by Crippen LogP contribution is -2.51. The second-order valence-electron chi connectivity index (χ2n) is 3.91. The van der Waals surface area contributed by atoms with Crippen LogP contribution < -0.4 is 0 Å². The quantitative estimate of drug-likeness (QED) is 0.609. The monoisotopic (exact) mass is 186 g/mol. The Morgan fingerprint density at radius 2 is 2.15 bits per heavy atom. The van der Waals surface area contributed by atoms with Gasteiger partial charge in [0.1, 0.15) is 5.78 Å². The summed E-state index contributed by atoms with van der Waals surface area (Å²) in [5, 5.41) is 0. The summed E-state index contributed by atoms with van der Waals surface area (Å²) in [6.07, 6.45) is 0.666. The molecule has 0 N–H and O–H groups in total. The third-order valence-electron chi connectivity index (χ3n) is 2.65. The van der Waals surface area contributed by atoms with Crippen molar-refractivity contribution in [3.8, 4) is 0 Å². The number of carbonyl (C=O) groups is 1. The average molecular weight is 186 g/mol. The molecule has 3 nitrogen and oxygen atoms in total. The van der Waals surface area contributed by atoms with Crippen LogP contribution in [0.5, 0.6) is 0 Å². The van der Waals surface area contributed by atoms with Crippen LogP contribution in [0.2, 0.25) is 0 Å². The van der Waals surface area contributed by atoms with Gasteiger partial charge in [0, 0.05) is 13.0 Å². The van der Waals surface area contributed by atoms with E-state index in [4.69, 9.17) is 9.47 Å². The zero-order chi connectivity index (χ0) is 9.90. The second kappa shape index (κ2) is 4.20. The van der Waals surface area contributed by atoms with Crippen LogP contribution in [0.4, 0.5) is 0 Å². The van der Waals surface area contributed by atoms with Gasteiger partial charge in [0.25, 0.3) is 0 Å². The molecule has 0 bridgehead atoms. The maximum absolute atomic E-state index is 11.1. The highest BCUT2D eigenvalue weighted by Crippen LogP contribution is 2.38. The summed E-state index contributed by atoms with van der Waals surface area (Å²) >= 11 is 0. The highest BCUT2D eigenvalue weighted by molar-refractivity contribution is 5.91. The SMILES string of the molecule is CCOCCOC1CC(=O)C1(C)C. The Morgan fingerprint density at radius 3 is 2.62 bits per heavy atom. The first-order chi connectivity index (χ1) is 6.09.